The van der Waals surface area contributed by atoms with Crippen LogP contribution in [0, 0.1) is 0 Å². The molecule has 0 radical (unpaired) electrons. The van der Waals surface area contributed by atoms with Gasteiger partial charge < -0.3 is 39.7 Å². The number of likely N-dealkylation sites (tertiary alicyclic amines) is 1. The van der Waals surface area contributed by atoms with Gasteiger partial charge in [0.05, 0.1) is 50.6 Å². The molecule has 4 bridgehead atoms. The summed E-state index contributed by atoms with van der Waals surface area (Å²) in [5.41, 5.74) is 2.34. The highest BCUT2D eigenvalue weighted by molar-refractivity contribution is 6.00. The summed E-state index contributed by atoms with van der Waals surface area (Å²) < 4.78 is 41.3. The first kappa shape index (κ1) is 33.7. The molecule has 8 rings (SSSR count). The number of ether oxygens (including phenoxy) is 2. The smallest absolute Gasteiger partial charge is 0.323 e. The van der Waals surface area contributed by atoms with Crippen LogP contribution in [0.4, 0.5) is 36.8 Å². The Bertz CT molecular complexity index is 1690. The highest BCUT2D eigenvalue weighted by Crippen LogP contribution is 2.38. The summed E-state index contributed by atoms with van der Waals surface area (Å²) in [5.74, 6) is 1.05. The Morgan fingerprint density at radius 2 is 1.25 bits per heavy atom. The molecule has 5 saturated heterocycles. The maximum atomic E-state index is 15.0. The number of benzene rings is 2. The third kappa shape index (κ3) is 6.69. The monoisotopic (exact) mass is 703 g/mol. The number of morpholine rings is 2. The largest absolute Gasteiger partial charge is 0.377 e. The van der Waals surface area contributed by atoms with Gasteiger partial charge in [-0.3, -0.25) is 4.79 Å². The average molecular weight is 704 g/mol. The lowest BCUT2D eigenvalue weighted by Crippen LogP contribution is -2.50. The van der Waals surface area contributed by atoms with Gasteiger partial charge >= 0.3 is 6.03 Å². The molecule has 0 spiro atoms. The predicted molar refractivity (Wildman–Crippen MR) is 188 cm³/mol. The fraction of sp³-hybridized carbons (Fsp3) is 0.528. The van der Waals surface area contributed by atoms with E-state index in [4.69, 9.17) is 24.4 Å². The minimum Gasteiger partial charge on any atom is -0.377 e. The molecule has 1 aromatic heterocycles. The molecule has 0 saturated carbocycles. The number of aromatic nitrogens is 3. The van der Waals surface area contributed by atoms with Crippen molar-refractivity contribution >= 4 is 35.2 Å². The number of hydrogen-bond acceptors (Lipinski definition) is 10. The number of carbonyl (C=O) groups excluding carboxylic acids is 2. The van der Waals surface area contributed by atoms with E-state index in [-0.39, 0.29) is 31.2 Å². The lowest BCUT2D eigenvalue weighted by atomic mass is 10.0. The Morgan fingerprint density at radius 1 is 0.745 bits per heavy atom. The summed E-state index contributed by atoms with van der Waals surface area (Å²) in [6.07, 6.45) is 0.425. The van der Waals surface area contributed by atoms with E-state index in [9.17, 15) is 18.4 Å². The Balaban J connectivity index is 0.956. The maximum absolute atomic E-state index is 15.0. The maximum Gasteiger partial charge on any atom is 0.323 e. The number of alkyl halides is 2. The van der Waals surface area contributed by atoms with Crippen molar-refractivity contribution in [3.05, 3.63) is 54.1 Å². The van der Waals surface area contributed by atoms with E-state index in [0.717, 1.165) is 25.9 Å². The van der Waals surface area contributed by atoms with Gasteiger partial charge in [0, 0.05) is 54.5 Å². The number of carbonyl (C=O) groups is 2. The van der Waals surface area contributed by atoms with E-state index < -0.39 is 30.5 Å². The minimum atomic E-state index is -1.07. The van der Waals surface area contributed by atoms with Gasteiger partial charge in [0.25, 0.3) is 5.91 Å². The van der Waals surface area contributed by atoms with E-state index >= 15 is 0 Å². The third-order valence-corrected chi connectivity index (χ3v) is 10.9. The van der Waals surface area contributed by atoms with E-state index in [0.29, 0.717) is 72.3 Å². The van der Waals surface area contributed by atoms with Crippen LogP contribution in [-0.2, 0) is 9.47 Å². The molecule has 0 unspecified atom stereocenters. The number of rotatable bonds is 7. The number of nitrogens with one attached hydrogen (secondary N) is 2. The number of piperidine rings is 1. The normalized spacial score (nSPS) is 27.6. The highest BCUT2D eigenvalue weighted by Gasteiger charge is 2.49. The number of halogens is 2. The summed E-state index contributed by atoms with van der Waals surface area (Å²) in [4.78, 5) is 48.2. The van der Waals surface area contributed by atoms with Crippen molar-refractivity contribution < 1.29 is 27.8 Å². The van der Waals surface area contributed by atoms with E-state index in [1.807, 2.05) is 14.7 Å². The van der Waals surface area contributed by atoms with E-state index in [1.165, 1.54) is 0 Å². The quantitative estimate of drug-likeness (QED) is 0.373. The van der Waals surface area contributed by atoms with Crippen LogP contribution in [0.15, 0.2) is 48.5 Å². The summed E-state index contributed by atoms with van der Waals surface area (Å²) in [7, 11) is 4.14. The molecule has 6 heterocycles. The fourth-order valence-electron chi connectivity index (χ4n) is 8.06. The van der Waals surface area contributed by atoms with E-state index in [1.54, 1.807) is 48.5 Å². The Kier molecular flexibility index (Phi) is 9.19. The van der Waals surface area contributed by atoms with Gasteiger partial charge in [-0.15, -0.1) is 0 Å². The lowest BCUT2D eigenvalue weighted by molar-refractivity contribution is 0.0663. The Labute approximate surface area is 295 Å². The number of amides is 3. The molecule has 15 heteroatoms. The number of hydrogen-bond donors (Lipinski definition) is 2. The van der Waals surface area contributed by atoms with Gasteiger partial charge in [0.1, 0.15) is 12.3 Å². The first-order valence-corrected chi connectivity index (χ1v) is 17.7. The molecule has 13 nitrogen and oxygen atoms in total. The topological polar surface area (TPSA) is 128 Å². The Morgan fingerprint density at radius 3 is 1.75 bits per heavy atom. The van der Waals surface area contributed by atoms with Crippen LogP contribution in [0.1, 0.15) is 36.0 Å². The van der Waals surface area contributed by atoms with Crippen LogP contribution in [-0.4, -0.2) is 133 Å². The predicted octanol–water partition coefficient (Wildman–Crippen LogP) is 3.98. The second-order valence-corrected chi connectivity index (χ2v) is 14.3. The average Bonchev–Trinajstić information content (AvgIpc) is 3.45. The van der Waals surface area contributed by atoms with Crippen LogP contribution in [0.25, 0.3) is 11.4 Å². The molecular formula is C36H43F2N9O4. The zero-order valence-electron chi connectivity index (χ0n) is 28.8. The van der Waals surface area contributed by atoms with Crippen molar-refractivity contribution in [3.8, 4) is 11.4 Å². The summed E-state index contributed by atoms with van der Waals surface area (Å²) in [5, 5.41) is 5.65. The molecule has 3 aromatic rings. The molecule has 2 aromatic carbocycles. The molecule has 5 aliphatic rings. The second kappa shape index (κ2) is 13.9. The number of fused-ring (bicyclic) bond motifs is 4. The number of anilines is 4. The standard InChI is InChI=1S/C36H43F2N9O4/c1-44(2)25-11-13-45(14-12-25)33(48)22-5-9-24(10-6-22)40-36(49)39-23-7-3-21(4-8-23)32-41-34(46-26-15-28(37)30(46)19-50-17-26)43-35(42-32)47-27-16-29(38)31(47)20-51-18-27/h3-10,25-31H,11-20H2,1-2H3,(H2,39,40,49)/t26-,27-,28+,29+,30-,31-/m0/s1. The van der Waals surface area contributed by atoms with Gasteiger partial charge in [-0.05, 0) is 75.5 Å². The van der Waals surface area contributed by atoms with E-state index in [2.05, 4.69) is 29.6 Å². The van der Waals surface area contributed by atoms with Crippen LogP contribution in [0.2, 0.25) is 0 Å². The minimum absolute atomic E-state index is 0.00599. The van der Waals surface area contributed by atoms with Crippen molar-refractivity contribution in [1.82, 2.24) is 24.8 Å². The zero-order valence-corrected chi connectivity index (χ0v) is 28.8. The fourth-order valence-corrected chi connectivity index (χ4v) is 8.06. The zero-order chi connectivity index (χ0) is 35.2. The van der Waals surface area contributed by atoms with Gasteiger partial charge in [0.2, 0.25) is 11.9 Å². The van der Waals surface area contributed by atoms with Crippen molar-refractivity contribution in [2.75, 3.05) is 74.0 Å². The first-order chi connectivity index (χ1) is 24.7. The van der Waals surface area contributed by atoms with Crippen molar-refractivity contribution in [2.45, 2.75) is 68.2 Å². The molecule has 2 N–H and O–H groups in total. The van der Waals surface area contributed by atoms with Gasteiger partial charge in [-0.25, -0.2) is 13.6 Å². The van der Waals surface area contributed by atoms with Crippen LogP contribution < -0.4 is 20.4 Å². The SMILES string of the molecule is CN(C)C1CCN(C(=O)c2ccc(NC(=O)Nc3ccc(-c4nc(N5[C@@H]6COC[C@H]5[C@H](F)C6)nc(N5[C@@H]6COC[C@H]5[C@H](F)C6)n4)cc3)cc2)CC1. The molecule has 270 valence electrons. The van der Waals surface area contributed by atoms with Crippen LogP contribution in [0.3, 0.4) is 0 Å². The summed E-state index contributed by atoms with van der Waals surface area (Å²) in [6, 6.07) is 12.6. The summed E-state index contributed by atoms with van der Waals surface area (Å²) >= 11 is 0. The van der Waals surface area contributed by atoms with Crippen molar-refractivity contribution in [3.63, 3.8) is 0 Å². The van der Waals surface area contributed by atoms with Crippen LogP contribution in [0.5, 0.6) is 0 Å². The second-order valence-electron chi connectivity index (χ2n) is 14.3. The molecular weight excluding hydrogens is 660 g/mol. The Hall–Kier alpha value is -4.47. The summed E-state index contributed by atoms with van der Waals surface area (Å²) in [6.45, 7) is 2.68. The molecule has 6 atom stereocenters. The van der Waals surface area contributed by atoms with Gasteiger partial charge in [-0.1, -0.05) is 0 Å². The van der Waals surface area contributed by atoms with Gasteiger partial charge in [-0.2, -0.15) is 15.0 Å². The van der Waals surface area contributed by atoms with Crippen molar-refractivity contribution in [1.29, 1.82) is 0 Å². The number of urea groups is 1. The highest BCUT2D eigenvalue weighted by atomic mass is 19.1. The first-order valence-electron chi connectivity index (χ1n) is 17.7. The van der Waals surface area contributed by atoms with Crippen molar-refractivity contribution in [2.24, 2.45) is 0 Å². The van der Waals surface area contributed by atoms with Crippen LogP contribution >= 0.6 is 0 Å². The van der Waals surface area contributed by atoms with Gasteiger partial charge in [0.15, 0.2) is 5.82 Å². The molecule has 5 fully saturated rings. The lowest BCUT2D eigenvalue weighted by Gasteiger charge is -2.37. The molecule has 51 heavy (non-hydrogen) atoms. The molecule has 5 aliphatic heterocycles. The molecule has 0 aliphatic carbocycles. The molecule has 3 amide bonds. The number of nitrogens with zero attached hydrogens (tertiary/aromatic N) is 7. The third-order valence-electron chi connectivity index (χ3n) is 10.9.